The molecule has 1 amide bonds. The standard InChI is InChI=1S/C25H19Cl2N3O2/c26-16-9-11-17(12-10-16)30-14-21(28-24(30)19-7-3-4-8-20(19)27)25(32)29-23-18-6-2-1-5-15(18)13-22(23)31/h1-12,14,22-23,31H,13H2,(H,29,32)/t22-,23-/m1/s1. The summed E-state index contributed by atoms with van der Waals surface area (Å²) in [5.74, 6) is 0.169. The molecule has 7 heteroatoms. The van der Waals surface area contributed by atoms with Gasteiger partial charge in [-0.25, -0.2) is 4.98 Å². The van der Waals surface area contributed by atoms with Gasteiger partial charge in [0.1, 0.15) is 11.5 Å². The summed E-state index contributed by atoms with van der Waals surface area (Å²) < 4.78 is 1.81. The molecule has 0 bridgehead atoms. The van der Waals surface area contributed by atoms with Gasteiger partial charge in [0, 0.05) is 28.9 Å². The molecule has 1 aromatic heterocycles. The van der Waals surface area contributed by atoms with Crippen molar-refractivity contribution in [1.29, 1.82) is 0 Å². The summed E-state index contributed by atoms with van der Waals surface area (Å²) in [5, 5.41) is 14.6. The fraction of sp³-hybridized carbons (Fsp3) is 0.120. The Morgan fingerprint density at radius 3 is 2.50 bits per heavy atom. The summed E-state index contributed by atoms with van der Waals surface area (Å²) >= 11 is 12.5. The molecular formula is C25H19Cl2N3O2. The van der Waals surface area contributed by atoms with E-state index in [4.69, 9.17) is 23.2 Å². The number of hydrogen-bond acceptors (Lipinski definition) is 3. The maximum absolute atomic E-state index is 13.2. The summed E-state index contributed by atoms with van der Waals surface area (Å²) in [7, 11) is 0. The van der Waals surface area contributed by atoms with Crippen molar-refractivity contribution in [3.8, 4) is 17.1 Å². The first kappa shape index (κ1) is 20.8. The van der Waals surface area contributed by atoms with Crippen LogP contribution in [0, 0.1) is 0 Å². The van der Waals surface area contributed by atoms with E-state index in [0.717, 1.165) is 16.8 Å². The van der Waals surface area contributed by atoms with E-state index in [1.54, 1.807) is 24.4 Å². The van der Waals surface area contributed by atoms with Gasteiger partial charge in [0.25, 0.3) is 5.91 Å². The molecule has 1 heterocycles. The smallest absolute Gasteiger partial charge is 0.272 e. The zero-order valence-corrected chi connectivity index (χ0v) is 18.4. The lowest BCUT2D eigenvalue weighted by Crippen LogP contribution is -2.34. The van der Waals surface area contributed by atoms with Gasteiger partial charge in [-0.2, -0.15) is 0 Å². The normalized spacial score (nSPS) is 17.2. The number of aliphatic hydroxyl groups is 1. The maximum Gasteiger partial charge on any atom is 0.272 e. The number of rotatable bonds is 4. The monoisotopic (exact) mass is 463 g/mol. The lowest BCUT2D eigenvalue weighted by atomic mass is 10.1. The van der Waals surface area contributed by atoms with E-state index in [1.165, 1.54) is 0 Å². The number of carbonyl (C=O) groups is 1. The molecule has 0 fully saturated rings. The number of amides is 1. The highest BCUT2D eigenvalue weighted by Gasteiger charge is 2.32. The molecule has 2 N–H and O–H groups in total. The molecule has 0 saturated carbocycles. The Morgan fingerprint density at radius 2 is 1.72 bits per heavy atom. The van der Waals surface area contributed by atoms with Crippen molar-refractivity contribution < 1.29 is 9.90 Å². The molecule has 160 valence electrons. The summed E-state index contributed by atoms with van der Waals surface area (Å²) in [6, 6.07) is 21.8. The Labute approximate surface area is 195 Å². The molecular weight excluding hydrogens is 445 g/mol. The number of benzene rings is 3. The molecule has 3 aromatic carbocycles. The van der Waals surface area contributed by atoms with Crippen molar-refractivity contribution in [3.63, 3.8) is 0 Å². The fourth-order valence-electron chi connectivity index (χ4n) is 4.08. The first-order chi connectivity index (χ1) is 15.5. The zero-order chi connectivity index (χ0) is 22.2. The molecule has 4 aromatic rings. The van der Waals surface area contributed by atoms with E-state index in [9.17, 15) is 9.90 Å². The highest BCUT2D eigenvalue weighted by atomic mass is 35.5. The van der Waals surface area contributed by atoms with Gasteiger partial charge >= 0.3 is 0 Å². The Hall–Kier alpha value is -3.12. The highest BCUT2D eigenvalue weighted by molar-refractivity contribution is 6.33. The number of aromatic nitrogens is 2. The van der Waals surface area contributed by atoms with E-state index >= 15 is 0 Å². The van der Waals surface area contributed by atoms with Crippen LogP contribution >= 0.6 is 23.2 Å². The second kappa shape index (κ2) is 8.43. The Morgan fingerprint density at radius 1 is 1.00 bits per heavy atom. The Balaban J connectivity index is 1.53. The molecule has 5 nitrogen and oxygen atoms in total. The van der Waals surface area contributed by atoms with Gasteiger partial charge in [-0.3, -0.25) is 9.36 Å². The Kier molecular flexibility index (Phi) is 5.47. The highest BCUT2D eigenvalue weighted by Crippen LogP contribution is 2.33. The molecule has 0 unspecified atom stereocenters. The number of imidazole rings is 1. The molecule has 32 heavy (non-hydrogen) atoms. The van der Waals surface area contributed by atoms with E-state index in [2.05, 4.69) is 10.3 Å². The van der Waals surface area contributed by atoms with E-state index in [-0.39, 0.29) is 11.6 Å². The van der Waals surface area contributed by atoms with Crippen LogP contribution in [0.25, 0.3) is 17.1 Å². The summed E-state index contributed by atoms with van der Waals surface area (Å²) in [6.45, 7) is 0. The fourth-order valence-corrected chi connectivity index (χ4v) is 4.43. The minimum absolute atomic E-state index is 0.228. The van der Waals surface area contributed by atoms with Crippen LogP contribution in [0.2, 0.25) is 10.0 Å². The number of aliphatic hydroxyl groups excluding tert-OH is 1. The van der Waals surface area contributed by atoms with E-state index in [1.807, 2.05) is 59.2 Å². The zero-order valence-electron chi connectivity index (χ0n) is 16.9. The molecule has 0 aliphatic heterocycles. The first-order valence-electron chi connectivity index (χ1n) is 10.2. The molecule has 0 saturated heterocycles. The van der Waals surface area contributed by atoms with Crippen molar-refractivity contribution in [3.05, 3.63) is 106 Å². The molecule has 1 aliphatic carbocycles. The SMILES string of the molecule is O=C(N[C@@H]1c2ccccc2C[C@H]1O)c1cn(-c2ccc(Cl)cc2)c(-c2ccccc2Cl)n1. The second-order valence-electron chi connectivity index (χ2n) is 7.70. The number of carbonyl (C=O) groups excluding carboxylic acids is 1. The third-order valence-electron chi connectivity index (χ3n) is 5.65. The van der Waals surface area contributed by atoms with Crippen LogP contribution in [0.4, 0.5) is 0 Å². The first-order valence-corrected chi connectivity index (χ1v) is 10.9. The number of halogens is 2. The van der Waals surface area contributed by atoms with Crippen LogP contribution in [0.1, 0.15) is 27.7 Å². The van der Waals surface area contributed by atoms with Crippen LogP contribution in [-0.2, 0) is 6.42 Å². The number of fused-ring (bicyclic) bond motifs is 1. The van der Waals surface area contributed by atoms with Crippen LogP contribution < -0.4 is 5.32 Å². The van der Waals surface area contributed by atoms with Crippen molar-refractivity contribution in [2.24, 2.45) is 0 Å². The molecule has 5 rings (SSSR count). The minimum Gasteiger partial charge on any atom is -0.390 e. The van der Waals surface area contributed by atoms with Gasteiger partial charge in [-0.05, 0) is 47.5 Å². The van der Waals surface area contributed by atoms with E-state index in [0.29, 0.717) is 27.9 Å². The van der Waals surface area contributed by atoms with Crippen LogP contribution in [0.3, 0.4) is 0 Å². The van der Waals surface area contributed by atoms with Gasteiger partial charge in [0.15, 0.2) is 0 Å². The van der Waals surface area contributed by atoms with Crippen LogP contribution in [-0.4, -0.2) is 26.7 Å². The topological polar surface area (TPSA) is 67.2 Å². The van der Waals surface area contributed by atoms with Crippen molar-refractivity contribution in [2.45, 2.75) is 18.6 Å². The number of nitrogens with one attached hydrogen (secondary N) is 1. The summed E-state index contributed by atoms with van der Waals surface area (Å²) in [5.41, 5.74) is 3.69. The lowest BCUT2D eigenvalue weighted by Gasteiger charge is -2.17. The van der Waals surface area contributed by atoms with Crippen LogP contribution in [0.5, 0.6) is 0 Å². The quantitative estimate of drug-likeness (QED) is 0.435. The average Bonchev–Trinajstić information content (AvgIpc) is 3.36. The lowest BCUT2D eigenvalue weighted by molar-refractivity contribution is 0.0854. The summed E-state index contributed by atoms with van der Waals surface area (Å²) in [4.78, 5) is 17.8. The molecule has 2 atom stereocenters. The predicted octanol–water partition coefficient (Wildman–Crippen LogP) is 5.23. The van der Waals surface area contributed by atoms with Crippen molar-refractivity contribution in [2.75, 3.05) is 0 Å². The predicted molar refractivity (Wildman–Crippen MR) is 125 cm³/mol. The van der Waals surface area contributed by atoms with Gasteiger partial charge < -0.3 is 10.4 Å². The van der Waals surface area contributed by atoms with Gasteiger partial charge in [0.2, 0.25) is 0 Å². The molecule has 1 aliphatic rings. The van der Waals surface area contributed by atoms with Gasteiger partial charge in [0.05, 0.1) is 17.2 Å². The third kappa shape index (κ3) is 3.79. The average molecular weight is 464 g/mol. The second-order valence-corrected chi connectivity index (χ2v) is 8.54. The maximum atomic E-state index is 13.2. The summed E-state index contributed by atoms with van der Waals surface area (Å²) in [6.07, 6.45) is 1.49. The largest absolute Gasteiger partial charge is 0.390 e. The van der Waals surface area contributed by atoms with Crippen molar-refractivity contribution >= 4 is 29.1 Å². The minimum atomic E-state index is -0.683. The van der Waals surface area contributed by atoms with Crippen molar-refractivity contribution in [1.82, 2.24) is 14.9 Å². The third-order valence-corrected chi connectivity index (χ3v) is 6.23. The molecule has 0 spiro atoms. The van der Waals surface area contributed by atoms with Gasteiger partial charge in [-0.15, -0.1) is 0 Å². The van der Waals surface area contributed by atoms with Gasteiger partial charge in [-0.1, -0.05) is 59.6 Å². The Bertz CT molecular complexity index is 1300. The number of nitrogens with zero attached hydrogens (tertiary/aromatic N) is 2. The molecule has 0 radical (unpaired) electrons. The van der Waals surface area contributed by atoms with Crippen LogP contribution in [0.15, 0.2) is 79.0 Å². The van der Waals surface area contributed by atoms with E-state index < -0.39 is 12.1 Å². The number of hydrogen-bond donors (Lipinski definition) is 2.